The zero-order valence-corrected chi connectivity index (χ0v) is 44.5. The van der Waals surface area contributed by atoms with E-state index in [1.165, 1.54) is 61.8 Å². The zero-order chi connectivity index (χ0) is 54.3. The normalized spacial score (nSPS) is 16.9. The smallest absolute Gasteiger partial charge is 0.294 e. The van der Waals surface area contributed by atoms with Crippen LogP contribution in [0.3, 0.4) is 0 Å². The molecule has 0 saturated carbocycles. The van der Waals surface area contributed by atoms with Gasteiger partial charge in [-0.3, -0.25) is 32.8 Å². The highest BCUT2D eigenvalue weighted by Gasteiger charge is 2.45. The number of hydrogen-bond donors (Lipinski definition) is 6. The van der Waals surface area contributed by atoms with Crippen LogP contribution in [-0.2, 0) is 73.2 Å². The first-order valence-electron chi connectivity index (χ1n) is 21.6. The summed E-state index contributed by atoms with van der Waals surface area (Å²) in [5, 5.41) is 11.4. The van der Waals surface area contributed by atoms with Gasteiger partial charge in [0.05, 0.1) is 38.0 Å². The number of benzene rings is 2. The van der Waals surface area contributed by atoms with Gasteiger partial charge in [-0.2, -0.15) is 43.2 Å². The van der Waals surface area contributed by atoms with Crippen molar-refractivity contribution in [1.82, 2.24) is 20.1 Å². The Morgan fingerprint density at radius 2 is 1.45 bits per heavy atom. The number of nitrogens with one attached hydrogen (secondary N) is 1. The van der Waals surface area contributed by atoms with Crippen molar-refractivity contribution in [3.05, 3.63) is 112 Å². The van der Waals surface area contributed by atoms with Crippen LogP contribution in [0.4, 0.5) is 11.4 Å². The van der Waals surface area contributed by atoms with E-state index < -0.39 is 89.0 Å². The molecule has 0 fully saturated rings. The summed E-state index contributed by atoms with van der Waals surface area (Å²) in [6.07, 6.45) is 7.47. The van der Waals surface area contributed by atoms with Gasteiger partial charge in [-0.25, -0.2) is 18.2 Å². The SMILES string of the molecule is Cn1nc(S(N)(=O)=O)sc1=NC(=O)CCNC(=O)c1ccc(C(C=CC2=[N+](CCCS(=O)(=O)O)c3ccc(S(=O)(=O)O)cc3C2(C)C)=CC=C2N(CCCS(=O)(=O)O)c3ccc(S(=O)(=O)O)cc3C2(C)C)nc1. The molecule has 394 valence electrons. The maximum absolute atomic E-state index is 13.3. The van der Waals surface area contributed by atoms with E-state index in [0.29, 0.717) is 50.8 Å². The molecule has 0 aliphatic carbocycles. The maximum Gasteiger partial charge on any atom is 0.294 e. The van der Waals surface area contributed by atoms with Crippen LogP contribution in [0.1, 0.15) is 74.1 Å². The van der Waals surface area contributed by atoms with Gasteiger partial charge in [0.15, 0.2) is 5.71 Å². The molecule has 4 heterocycles. The third kappa shape index (κ3) is 13.6. The Hall–Kier alpha value is -5.67. The van der Waals surface area contributed by atoms with Crippen LogP contribution < -0.4 is 20.2 Å². The first kappa shape index (κ1) is 56.6. The summed E-state index contributed by atoms with van der Waals surface area (Å²) in [7, 11) is -20.9. The van der Waals surface area contributed by atoms with E-state index >= 15 is 0 Å². The van der Waals surface area contributed by atoms with Gasteiger partial charge < -0.3 is 10.2 Å². The number of aromatic nitrogens is 3. The largest absolute Gasteiger partial charge is 0.351 e. The molecule has 0 saturated heterocycles. The number of carbonyl (C=O) groups is 2. The molecule has 7 N–H and O–H groups in total. The van der Waals surface area contributed by atoms with Gasteiger partial charge >= 0.3 is 0 Å². The lowest BCUT2D eigenvalue weighted by Gasteiger charge is -2.27. The molecule has 2 aliphatic rings. The number of nitrogens with zero attached hydrogens (tertiary/aromatic N) is 6. The molecule has 0 radical (unpaired) electrons. The Balaban J connectivity index is 1.42. The number of carbonyl (C=O) groups excluding carboxylic acids is 2. The number of hydrogen-bond acceptors (Lipinski definition) is 16. The number of aryl methyl sites for hydroxylation is 1. The fourth-order valence-electron chi connectivity index (χ4n) is 8.27. The van der Waals surface area contributed by atoms with Crippen LogP contribution in [-0.4, -0.2) is 128 Å². The molecule has 0 unspecified atom stereocenters. The molecule has 0 bridgehead atoms. The molecule has 4 aromatic rings. The van der Waals surface area contributed by atoms with E-state index in [9.17, 15) is 69.9 Å². The summed E-state index contributed by atoms with van der Waals surface area (Å²) in [5.41, 5.74) is 1.52. The molecule has 73 heavy (non-hydrogen) atoms. The predicted molar refractivity (Wildman–Crippen MR) is 267 cm³/mol. The van der Waals surface area contributed by atoms with Gasteiger partial charge in [-0.1, -0.05) is 31.3 Å². The predicted octanol–water partition coefficient (Wildman–Crippen LogP) is 2.52. The lowest BCUT2D eigenvalue weighted by molar-refractivity contribution is -0.437. The molecule has 2 aromatic carbocycles. The third-order valence-corrected chi connectivity index (χ3v) is 17.4. The number of sulfonamides is 1. The van der Waals surface area contributed by atoms with Gasteiger partial charge in [0.25, 0.3) is 56.4 Å². The van der Waals surface area contributed by atoms with Crippen LogP contribution in [0.2, 0.25) is 0 Å². The molecule has 30 heteroatoms. The van der Waals surface area contributed by atoms with E-state index in [-0.39, 0.29) is 64.7 Å². The van der Waals surface area contributed by atoms with Gasteiger partial charge in [0.1, 0.15) is 6.54 Å². The van der Waals surface area contributed by atoms with E-state index in [1.807, 2.05) is 0 Å². The average molecular weight is 1130 g/mol. The van der Waals surface area contributed by atoms with Crippen molar-refractivity contribution >= 4 is 96.3 Å². The minimum atomic E-state index is -4.66. The number of rotatable bonds is 19. The number of allylic oxidation sites excluding steroid dienone is 6. The van der Waals surface area contributed by atoms with Crippen LogP contribution in [0.5, 0.6) is 0 Å². The second-order valence-corrected chi connectivity index (χ2v) is 26.5. The minimum Gasteiger partial charge on any atom is -0.351 e. The van der Waals surface area contributed by atoms with Gasteiger partial charge in [-0.05, 0) is 80.4 Å². The first-order chi connectivity index (χ1) is 33.6. The summed E-state index contributed by atoms with van der Waals surface area (Å²) >= 11 is 0.584. The number of pyridine rings is 1. The fraction of sp³-hybridized carbons (Fsp3) is 0.349. The molecule has 0 atom stereocenters. The number of nitrogens with two attached hydrogens (primary N) is 1. The number of amides is 2. The van der Waals surface area contributed by atoms with Crippen molar-refractivity contribution in [3.8, 4) is 0 Å². The number of anilines is 1. The quantitative estimate of drug-likeness (QED) is 0.0446. The minimum absolute atomic E-state index is 0.0197. The highest BCUT2D eigenvalue weighted by atomic mass is 32.3. The molecular formula is C43H51N8O16S6+. The second-order valence-electron chi connectivity index (χ2n) is 17.8. The van der Waals surface area contributed by atoms with Crippen LogP contribution in [0, 0.1) is 0 Å². The molecule has 0 spiro atoms. The number of fused-ring (bicyclic) bond motifs is 2. The van der Waals surface area contributed by atoms with Crippen molar-refractivity contribution in [1.29, 1.82) is 0 Å². The Morgan fingerprint density at radius 3 is 2.03 bits per heavy atom. The van der Waals surface area contributed by atoms with Crippen molar-refractivity contribution in [3.63, 3.8) is 0 Å². The Bertz CT molecular complexity index is 3690. The summed E-state index contributed by atoms with van der Waals surface area (Å²) in [4.78, 5) is 35.2. The van der Waals surface area contributed by atoms with Crippen molar-refractivity contribution in [2.45, 2.75) is 71.9 Å². The molecule has 6 rings (SSSR count). The van der Waals surface area contributed by atoms with Gasteiger partial charge in [-0.15, -0.1) is 5.10 Å². The molecule has 2 amide bonds. The Morgan fingerprint density at radius 1 is 0.836 bits per heavy atom. The Labute approximate surface area is 425 Å². The van der Waals surface area contributed by atoms with Gasteiger partial charge in [0, 0.05) is 79.3 Å². The van der Waals surface area contributed by atoms with E-state index in [2.05, 4.69) is 20.4 Å². The van der Waals surface area contributed by atoms with Crippen LogP contribution in [0.25, 0.3) is 5.57 Å². The topological polar surface area (TPSA) is 373 Å². The standard InChI is InChI=1S/C43H50N8O16S6/c1-42(2)31-24-29(72(62,63)64)11-14-34(31)50(20-6-22-69(54,55)56)36(42)16-9-27(10-17-37-43(3,4)32-25-30(73(65,66)67)12-15-35(32)51(37)21-7-23-70(57,58)59)33-13-8-28(26-46-33)39(53)45-19-18-38(52)47-40-49(5)48-41(68-40)71(44,60)61/h8-17,24-26H,6-7,18-23H2,1-5H3,(H6-,44,45,53,54,55,56,57,58,59,60,61,62,63,64,65,66,67)/p+1. The van der Waals surface area contributed by atoms with Crippen molar-refractivity contribution in [2.24, 2.45) is 17.2 Å². The summed E-state index contributed by atoms with van der Waals surface area (Å²) in [6.45, 7) is 6.95. The lowest BCUT2D eigenvalue weighted by Crippen LogP contribution is -2.28. The summed E-state index contributed by atoms with van der Waals surface area (Å²) in [6, 6.07) is 10.9. The summed E-state index contributed by atoms with van der Waals surface area (Å²) < 4.78 is 161. The van der Waals surface area contributed by atoms with E-state index in [1.54, 1.807) is 61.5 Å². The molecule has 2 aromatic heterocycles. The highest BCUT2D eigenvalue weighted by Crippen LogP contribution is 2.49. The first-order valence-corrected chi connectivity index (χ1v) is 30.1. The fourth-order valence-corrected chi connectivity index (χ4v) is 11.8. The monoisotopic (exact) mass is 1130 g/mol. The average Bonchev–Trinajstić information content (AvgIpc) is 3.82. The van der Waals surface area contributed by atoms with Crippen LogP contribution >= 0.6 is 11.3 Å². The van der Waals surface area contributed by atoms with Crippen molar-refractivity contribution in [2.75, 3.05) is 36.0 Å². The Kier molecular flexibility index (Phi) is 16.2. The molecule has 2 aliphatic heterocycles. The third-order valence-electron chi connectivity index (χ3n) is 11.8. The van der Waals surface area contributed by atoms with E-state index in [0.717, 1.165) is 4.68 Å². The summed E-state index contributed by atoms with van der Waals surface area (Å²) in [5.74, 6) is -2.53. The van der Waals surface area contributed by atoms with Crippen LogP contribution in [0.15, 0.2) is 104 Å². The second kappa shape index (κ2) is 20.9. The molecule has 24 nitrogen and oxygen atoms in total. The highest BCUT2D eigenvalue weighted by molar-refractivity contribution is 7.91. The lowest BCUT2D eigenvalue weighted by atomic mass is 9.81. The van der Waals surface area contributed by atoms with Gasteiger partial charge in [0.2, 0.25) is 20.7 Å². The maximum atomic E-state index is 13.3. The van der Waals surface area contributed by atoms with E-state index in [4.69, 9.17) is 5.14 Å². The van der Waals surface area contributed by atoms with Crippen molar-refractivity contribution < 1.29 is 74.5 Å². The zero-order valence-electron chi connectivity index (χ0n) is 39.6. The molecular weight excluding hydrogens is 1080 g/mol. The number of primary sulfonamides is 1.